The van der Waals surface area contributed by atoms with Crippen LogP contribution in [0.25, 0.3) is 10.9 Å². The first-order valence-corrected chi connectivity index (χ1v) is 16.6. The second-order valence-electron chi connectivity index (χ2n) is 12.5. The number of urea groups is 1. The SMILES string of the molecule is O=C1N(Cc2ccccc2)[C@H](Cc2ccccc2)[C@H](O)[C@@H](O)[C@@H](Cc2ccccc2)N1Cc1ccc2n[nH]c(CNc3ncccn3)c2c1. The Balaban J connectivity index is 1.26. The third-order valence-corrected chi connectivity index (χ3v) is 9.24. The van der Waals surface area contributed by atoms with E-state index in [1.165, 1.54) is 0 Å². The number of H-pyrrole nitrogens is 1. The average Bonchev–Trinajstić information content (AvgIpc) is 3.54. The molecule has 49 heavy (non-hydrogen) atoms. The van der Waals surface area contributed by atoms with Crippen LogP contribution in [0.15, 0.2) is 128 Å². The summed E-state index contributed by atoms with van der Waals surface area (Å²) in [5.74, 6) is 0.511. The molecule has 1 saturated heterocycles. The second kappa shape index (κ2) is 14.7. The summed E-state index contributed by atoms with van der Waals surface area (Å²) in [5.41, 5.74) is 5.41. The zero-order chi connectivity index (χ0) is 33.6. The highest BCUT2D eigenvalue weighted by Gasteiger charge is 2.46. The predicted molar refractivity (Wildman–Crippen MR) is 188 cm³/mol. The van der Waals surface area contributed by atoms with Crippen molar-refractivity contribution in [2.24, 2.45) is 0 Å². The molecule has 0 unspecified atom stereocenters. The van der Waals surface area contributed by atoms with E-state index in [-0.39, 0.29) is 19.1 Å². The number of aromatic nitrogens is 4. The number of aliphatic hydroxyl groups is 2. The minimum absolute atomic E-state index is 0.221. The number of aromatic amines is 1. The normalized spacial score (nSPS) is 19.6. The van der Waals surface area contributed by atoms with E-state index in [0.29, 0.717) is 25.3 Å². The van der Waals surface area contributed by atoms with Gasteiger partial charge in [0.25, 0.3) is 0 Å². The molecular weight excluding hydrogens is 614 g/mol. The number of nitrogens with zero attached hydrogens (tertiary/aromatic N) is 5. The lowest BCUT2D eigenvalue weighted by Crippen LogP contribution is -2.50. The van der Waals surface area contributed by atoms with Crippen molar-refractivity contribution in [1.82, 2.24) is 30.0 Å². The number of hydrogen-bond acceptors (Lipinski definition) is 7. The molecule has 3 heterocycles. The molecular formula is C39H39N7O3. The van der Waals surface area contributed by atoms with E-state index in [2.05, 4.69) is 25.5 Å². The second-order valence-corrected chi connectivity index (χ2v) is 12.5. The number of nitrogens with one attached hydrogen (secondary N) is 2. The van der Waals surface area contributed by atoms with Crippen molar-refractivity contribution in [3.8, 4) is 0 Å². The molecule has 0 aliphatic carbocycles. The maximum absolute atomic E-state index is 15.0. The lowest BCUT2D eigenvalue weighted by atomic mass is 9.91. The van der Waals surface area contributed by atoms with Crippen LogP contribution in [0.4, 0.5) is 10.7 Å². The standard InChI is InChI=1S/C39H39N7O3/c47-36-34(22-27-11-4-1-5-12-27)45(25-29-15-8-3-9-16-29)39(49)46(35(37(36)48)23-28-13-6-2-7-14-28)26-30-17-18-32-31(21-30)33(44-43-32)24-42-38-40-19-10-20-41-38/h1-21,34-37,47-48H,22-26H2,(H,43,44)(H,40,41,42)/t34-,35-,36+,37+/m1/s1. The molecule has 1 aliphatic heterocycles. The van der Waals surface area contributed by atoms with E-state index in [9.17, 15) is 15.0 Å². The fourth-order valence-corrected chi connectivity index (χ4v) is 6.69. The highest BCUT2D eigenvalue weighted by atomic mass is 16.3. The molecule has 10 heteroatoms. The smallest absolute Gasteiger partial charge is 0.321 e. The van der Waals surface area contributed by atoms with Crippen LogP contribution in [0.1, 0.15) is 27.9 Å². The molecule has 0 radical (unpaired) electrons. The van der Waals surface area contributed by atoms with E-state index >= 15 is 0 Å². The van der Waals surface area contributed by atoms with Gasteiger partial charge < -0.3 is 25.3 Å². The maximum atomic E-state index is 15.0. The number of fused-ring (bicyclic) bond motifs is 1. The van der Waals surface area contributed by atoms with Gasteiger partial charge in [-0.1, -0.05) is 97.1 Å². The van der Waals surface area contributed by atoms with Crippen LogP contribution in [-0.2, 0) is 32.5 Å². The average molecular weight is 654 g/mol. The van der Waals surface area contributed by atoms with Crippen LogP contribution in [0, 0.1) is 0 Å². The number of benzene rings is 4. The quantitative estimate of drug-likeness (QED) is 0.148. The third-order valence-electron chi connectivity index (χ3n) is 9.24. The van der Waals surface area contributed by atoms with Gasteiger partial charge >= 0.3 is 6.03 Å². The van der Waals surface area contributed by atoms with E-state index in [4.69, 9.17) is 0 Å². The molecule has 0 spiro atoms. The topological polar surface area (TPSA) is 130 Å². The van der Waals surface area contributed by atoms with E-state index in [1.807, 2.05) is 109 Å². The number of anilines is 1. The minimum Gasteiger partial charge on any atom is -0.388 e. The number of amides is 2. The summed E-state index contributed by atoms with van der Waals surface area (Å²) in [6.07, 6.45) is 1.73. The largest absolute Gasteiger partial charge is 0.388 e. The Morgan fingerprint density at radius 3 is 1.76 bits per heavy atom. The Hall–Kier alpha value is -5.58. The highest BCUT2D eigenvalue weighted by Crippen LogP contribution is 2.31. The lowest BCUT2D eigenvalue weighted by Gasteiger charge is -2.36. The molecule has 2 amide bonds. The first kappa shape index (κ1) is 32.0. The molecule has 6 aromatic rings. The van der Waals surface area contributed by atoms with Gasteiger partial charge in [-0.05, 0) is 53.3 Å². The van der Waals surface area contributed by atoms with Crippen LogP contribution in [0.3, 0.4) is 0 Å². The van der Waals surface area contributed by atoms with Gasteiger partial charge in [0, 0.05) is 30.9 Å². The summed E-state index contributed by atoms with van der Waals surface area (Å²) < 4.78 is 0. The Bertz CT molecular complexity index is 1960. The van der Waals surface area contributed by atoms with Gasteiger partial charge in [-0.15, -0.1) is 0 Å². The molecule has 4 aromatic carbocycles. The van der Waals surface area contributed by atoms with Crippen molar-refractivity contribution in [2.75, 3.05) is 5.32 Å². The number of rotatable bonds is 11. The van der Waals surface area contributed by atoms with Crippen LogP contribution >= 0.6 is 0 Å². The monoisotopic (exact) mass is 653 g/mol. The Kier molecular flexibility index (Phi) is 9.58. The van der Waals surface area contributed by atoms with Crippen LogP contribution in [0.5, 0.6) is 0 Å². The zero-order valence-electron chi connectivity index (χ0n) is 27.0. The molecule has 1 aliphatic rings. The fourth-order valence-electron chi connectivity index (χ4n) is 6.69. The minimum atomic E-state index is -1.21. The summed E-state index contributed by atoms with van der Waals surface area (Å²) >= 11 is 0. The van der Waals surface area contributed by atoms with Gasteiger partial charge in [0.2, 0.25) is 5.95 Å². The summed E-state index contributed by atoms with van der Waals surface area (Å²) in [7, 11) is 0. The van der Waals surface area contributed by atoms with Crippen molar-refractivity contribution >= 4 is 22.9 Å². The zero-order valence-corrected chi connectivity index (χ0v) is 27.0. The van der Waals surface area contributed by atoms with Crippen LogP contribution < -0.4 is 5.32 Å². The highest BCUT2D eigenvalue weighted by molar-refractivity contribution is 5.82. The number of carbonyl (C=O) groups is 1. The van der Waals surface area contributed by atoms with Gasteiger partial charge in [0.05, 0.1) is 29.8 Å². The van der Waals surface area contributed by atoms with Crippen molar-refractivity contribution in [2.45, 2.75) is 56.8 Å². The van der Waals surface area contributed by atoms with Gasteiger partial charge in [0.15, 0.2) is 0 Å². The molecule has 2 aromatic heterocycles. The summed E-state index contributed by atoms with van der Waals surface area (Å²) in [6, 6.07) is 35.5. The van der Waals surface area contributed by atoms with Crippen molar-refractivity contribution in [1.29, 1.82) is 0 Å². The first-order chi connectivity index (χ1) is 24.0. The number of hydrogen-bond donors (Lipinski definition) is 4. The Morgan fingerprint density at radius 1 is 0.653 bits per heavy atom. The van der Waals surface area contributed by atoms with Crippen molar-refractivity contribution < 1.29 is 15.0 Å². The lowest BCUT2D eigenvalue weighted by molar-refractivity contribution is -0.0408. The molecule has 7 rings (SSSR count). The van der Waals surface area contributed by atoms with Gasteiger partial charge in [-0.3, -0.25) is 5.10 Å². The Morgan fingerprint density at radius 2 is 1.18 bits per heavy atom. The van der Waals surface area contributed by atoms with E-state index in [1.54, 1.807) is 28.3 Å². The van der Waals surface area contributed by atoms with Crippen molar-refractivity contribution in [3.63, 3.8) is 0 Å². The number of carbonyl (C=O) groups excluding carboxylic acids is 1. The van der Waals surface area contributed by atoms with Gasteiger partial charge in [-0.2, -0.15) is 5.10 Å². The summed E-state index contributed by atoms with van der Waals surface area (Å²) in [6.45, 7) is 0.938. The molecule has 248 valence electrons. The molecule has 0 bridgehead atoms. The molecule has 4 N–H and O–H groups in total. The fraction of sp³-hybridized carbons (Fsp3) is 0.231. The van der Waals surface area contributed by atoms with E-state index < -0.39 is 24.3 Å². The van der Waals surface area contributed by atoms with Crippen molar-refractivity contribution in [3.05, 3.63) is 156 Å². The Labute approximate surface area is 285 Å². The first-order valence-electron chi connectivity index (χ1n) is 16.6. The molecule has 10 nitrogen and oxygen atoms in total. The summed E-state index contributed by atoms with van der Waals surface area (Å²) in [5, 5.41) is 35.8. The molecule has 4 atom stereocenters. The molecule has 0 saturated carbocycles. The van der Waals surface area contributed by atoms with Crippen LogP contribution in [0.2, 0.25) is 0 Å². The van der Waals surface area contributed by atoms with E-state index in [0.717, 1.165) is 38.9 Å². The molecule has 1 fully saturated rings. The summed E-state index contributed by atoms with van der Waals surface area (Å²) in [4.78, 5) is 27.0. The number of aliphatic hydroxyl groups excluding tert-OH is 2. The maximum Gasteiger partial charge on any atom is 0.321 e. The van der Waals surface area contributed by atoms with Gasteiger partial charge in [-0.25, -0.2) is 14.8 Å². The van der Waals surface area contributed by atoms with Crippen LogP contribution in [-0.4, -0.2) is 70.5 Å². The third kappa shape index (κ3) is 7.30. The predicted octanol–water partition coefficient (Wildman–Crippen LogP) is 5.35. The van der Waals surface area contributed by atoms with Gasteiger partial charge in [0.1, 0.15) is 12.2 Å².